The van der Waals surface area contributed by atoms with Gasteiger partial charge in [0.15, 0.2) is 0 Å². The lowest BCUT2D eigenvalue weighted by Crippen LogP contribution is -2.56. The molecule has 2 aliphatic heterocycles. The zero-order valence-corrected chi connectivity index (χ0v) is 13.5. The van der Waals surface area contributed by atoms with E-state index in [-0.39, 0.29) is 17.4 Å². The average molecular weight is 312 g/mol. The molecule has 0 aromatic carbocycles. The molecule has 2 amide bonds. The second-order valence-electron chi connectivity index (χ2n) is 6.79. The van der Waals surface area contributed by atoms with Gasteiger partial charge in [0, 0.05) is 18.3 Å². The molecule has 0 bridgehead atoms. The van der Waals surface area contributed by atoms with Crippen molar-refractivity contribution in [2.24, 2.45) is 11.8 Å². The third-order valence-corrected chi connectivity index (χ3v) is 6.39. The molecule has 2 heterocycles. The van der Waals surface area contributed by atoms with E-state index in [1.54, 1.807) is 16.7 Å². The number of nitrogens with zero attached hydrogens (tertiary/aromatic N) is 2. The van der Waals surface area contributed by atoms with E-state index in [0.29, 0.717) is 17.6 Å². The molecule has 5 nitrogen and oxygen atoms in total. The van der Waals surface area contributed by atoms with Crippen LogP contribution in [0.4, 0.5) is 4.79 Å². The number of amides is 2. The van der Waals surface area contributed by atoms with Crippen molar-refractivity contribution in [3.8, 4) is 0 Å². The van der Waals surface area contributed by atoms with Crippen molar-refractivity contribution in [3.05, 3.63) is 0 Å². The van der Waals surface area contributed by atoms with E-state index in [1.165, 1.54) is 0 Å². The summed E-state index contributed by atoms with van der Waals surface area (Å²) in [5.74, 6) is 0.667. The smallest absolute Gasteiger partial charge is 0.327 e. The van der Waals surface area contributed by atoms with Crippen molar-refractivity contribution in [3.63, 3.8) is 0 Å². The summed E-state index contributed by atoms with van der Waals surface area (Å²) in [6.45, 7) is 5.00. The van der Waals surface area contributed by atoms with Gasteiger partial charge in [0.25, 0.3) is 0 Å². The highest BCUT2D eigenvalue weighted by Gasteiger charge is 2.49. The topological polar surface area (TPSA) is 60.9 Å². The van der Waals surface area contributed by atoms with Crippen LogP contribution in [0.3, 0.4) is 0 Å². The second-order valence-corrected chi connectivity index (χ2v) is 7.94. The number of urea groups is 1. The molecule has 0 spiro atoms. The van der Waals surface area contributed by atoms with Crippen LogP contribution in [0.5, 0.6) is 0 Å². The number of aliphatic carboxylic acids is 1. The summed E-state index contributed by atoms with van der Waals surface area (Å²) < 4.78 is 0. The van der Waals surface area contributed by atoms with Crippen LogP contribution in [0.2, 0.25) is 0 Å². The van der Waals surface area contributed by atoms with Gasteiger partial charge in [0.05, 0.1) is 5.37 Å². The Morgan fingerprint density at radius 2 is 1.86 bits per heavy atom. The monoisotopic (exact) mass is 312 g/mol. The molecule has 1 N–H and O–H groups in total. The fourth-order valence-corrected chi connectivity index (χ4v) is 5.03. The van der Waals surface area contributed by atoms with E-state index in [1.807, 2.05) is 4.90 Å². The number of carboxylic acid groups (broad SMARTS) is 1. The molecule has 6 heteroatoms. The number of hydrogen-bond donors (Lipinski definition) is 1. The summed E-state index contributed by atoms with van der Waals surface area (Å²) in [5.41, 5.74) is 0. The number of hydrogen-bond acceptors (Lipinski definition) is 3. The number of carboxylic acids is 1. The molecule has 3 rings (SSSR count). The quantitative estimate of drug-likeness (QED) is 0.851. The van der Waals surface area contributed by atoms with Crippen LogP contribution in [-0.4, -0.2) is 56.7 Å². The molecular formula is C15H24N2O3S. The molecule has 0 aromatic heterocycles. The Kier molecular flexibility index (Phi) is 4.08. The summed E-state index contributed by atoms with van der Waals surface area (Å²) in [4.78, 5) is 28.1. The highest BCUT2D eigenvalue weighted by Crippen LogP contribution is 2.46. The van der Waals surface area contributed by atoms with Gasteiger partial charge < -0.3 is 10.0 Å². The molecule has 21 heavy (non-hydrogen) atoms. The van der Waals surface area contributed by atoms with E-state index in [9.17, 15) is 14.7 Å². The van der Waals surface area contributed by atoms with Gasteiger partial charge in [0.2, 0.25) is 0 Å². The summed E-state index contributed by atoms with van der Waals surface area (Å²) >= 11 is 1.65. The van der Waals surface area contributed by atoms with Crippen molar-refractivity contribution in [2.45, 2.75) is 57.0 Å². The maximum absolute atomic E-state index is 13.0. The van der Waals surface area contributed by atoms with Crippen LogP contribution in [0.15, 0.2) is 0 Å². The van der Waals surface area contributed by atoms with Gasteiger partial charge in [-0.25, -0.2) is 9.59 Å². The third kappa shape index (κ3) is 2.87. The first-order valence-electron chi connectivity index (χ1n) is 7.92. The van der Waals surface area contributed by atoms with E-state index in [2.05, 4.69) is 13.8 Å². The molecule has 4 atom stereocenters. The Balaban J connectivity index is 1.80. The van der Waals surface area contributed by atoms with E-state index < -0.39 is 12.0 Å². The lowest BCUT2D eigenvalue weighted by Gasteiger charge is -2.41. The van der Waals surface area contributed by atoms with Gasteiger partial charge in [-0.05, 0) is 44.4 Å². The fourth-order valence-electron chi connectivity index (χ4n) is 3.41. The summed E-state index contributed by atoms with van der Waals surface area (Å²) in [5, 5.41) is 9.52. The van der Waals surface area contributed by atoms with Crippen LogP contribution in [0, 0.1) is 11.8 Å². The lowest BCUT2D eigenvalue weighted by molar-refractivity contribution is -0.141. The van der Waals surface area contributed by atoms with Gasteiger partial charge in [-0.15, -0.1) is 11.8 Å². The number of carbonyl (C=O) groups is 2. The van der Waals surface area contributed by atoms with E-state index >= 15 is 0 Å². The number of thioether (sulfide) groups is 1. The molecule has 118 valence electrons. The first-order valence-corrected chi connectivity index (χ1v) is 8.97. The Labute approximate surface area is 130 Å². The van der Waals surface area contributed by atoms with Crippen molar-refractivity contribution in [1.82, 2.24) is 9.80 Å². The Hall–Kier alpha value is -0.910. The molecule has 0 aromatic rings. The van der Waals surface area contributed by atoms with Crippen LogP contribution < -0.4 is 0 Å². The molecule has 2 saturated heterocycles. The number of rotatable bonds is 2. The minimum Gasteiger partial charge on any atom is -0.480 e. The normalized spacial score (nSPS) is 36.9. The van der Waals surface area contributed by atoms with Crippen LogP contribution in [-0.2, 0) is 4.79 Å². The Morgan fingerprint density at radius 3 is 2.48 bits per heavy atom. The summed E-state index contributed by atoms with van der Waals surface area (Å²) in [6.07, 6.45) is 4.41. The third-order valence-electron chi connectivity index (χ3n) is 4.93. The molecule has 0 radical (unpaired) electrons. The zero-order chi connectivity index (χ0) is 15.1. The van der Waals surface area contributed by atoms with Crippen LogP contribution in [0.25, 0.3) is 0 Å². The maximum Gasteiger partial charge on any atom is 0.327 e. The highest BCUT2D eigenvalue weighted by atomic mass is 32.2. The van der Waals surface area contributed by atoms with Crippen molar-refractivity contribution < 1.29 is 14.7 Å². The zero-order valence-electron chi connectivity index (χ0n) is 12.7. The minimum absolute atomic E-state index is 0.0525. The predicted octanol–water partition coefficient (Wildman–Crippen LogP) is 2.46. The molecular weight excluding hydrogens is 288 g/mol. The van der Waals surface area contributed by atoms with Crippen LogP contribution in [0.1, 0.15) is 39.5 Å². The van der Waals surface area contributed by atoms with Gasteiger partial charge >= 0.3 is 12.0 Å². The summed E-state index contributed by atoms with van der Waals surface area (Å²) in [7, 11) is 0. The molecule has 3 fully saturated rings. The Morgan fingerprint density at radius 1 is 1.14 bits per heavy atom. The van der Waals surface area contributed by atoms with Crippen molar-refractivity contribution in [1.29, 1.82) is 0 Å². The first-order chi connectivity index (χ1) is 9.99. The molecule has 1 aliphatic carbocycles. The standard InChI is InChI=1S/C15H24N2O3S/c1-9-3-4-10(2)16(7-9)15(20)17-12(14(18)19)8-21-13(17)11-5-6-11/h9-13H,3-8H2,1-2H3,(H,18,19). The SMILES string of the molecule is CC1CCC(C)N(C(=O)N2C(C(=O)O)CSC2C2CC2)C1. The summed E-state index contributed by atoms with van der Waals surface area (Å²) in [6, 6.07) is -0.491. The number of carbonyl (C=O) groups excluding carboxylic acids is 1. The van der Waals surface area contributed by atoms with Gasteiger partial charge in [-0.1, -0.05) is 6.92 Å². The van der Waals surface area contributed by atoms with E-state index in [0.717, 1.165) is 32.2 Å². The number of likely N-dealkylation sites (tertiary alicyclic amines) is 1. The van der Waals surface area contributed by atoms with Gasteiger partial charge in [0.1, 0.15) is 6.04 Å². The van der Waals surface area contributed by atoms with Crippen molar-refractivity contribution >= 4 is 23.8 Å². The van der Waals surface area contributed by atoms with Gasteiger partial charge in [-0.2, -0.15) is 0 Å². The second kappa shape index (κ2) is 5.71. The molecule has 3 aliphatic rings. The van der Waals surface area contributed by atoms with Gasteiger partial charge in [-0.3, -0.25) is 4.90 Å². The van der Waals surface area contributed by atoms with Crippen molar-refractivity contribution in [2.75, 3.05) is 12.3 Å². The highest BCUT2D eigenvalue weighted by molar-refractivity contribution is 8.00. The average Bonchev–Trinajstić information content (AvgIpc) is 3.19. The molecule has 1 saturated carbocycles. The van der Waals surface area contributed by atoms with E-state index in [4.69, 9.17) is 0 Å². The molecule has 4 unspecified atom stereocenters. The van der Waals surface area contributed by atoms with Crippen LogP contribution >= 0.6 is 11.8 Å². The predicted molar refractivity (Wildman–Crippen MR) is 82.2 cm³/mol. The fraction of sp³-hybridized carbons (Fsp3) is 0.867. The number of piperidine rings is 1. The lowest BCUT2D eigenvalue weighted by atomic mass is 9.95. The first kappa shape index (κ1) is 15.0. The minimum atomic E-state index is -0.864. The Bertz CT molecular complexity index is 441. The maximum atomic E-state index is 13.0. The largest absolute Gasteiger partial charge is 0.480 e.